The van der Waals surface area contributed by atoms with Crippen molar-refractivity contribution >= 4 is 23.4 Å². The van der Waals surface area contributed by atoms with E-state index < -0.39 is 5.54 Å². The lowest BCUT2D eigenvalue weighted by Crippen LogP contribution is -3.11. The van der Waals surface area contributed by atoms with Crippen molar-refractivity contribution in [2.75, 3.05) is 32.0 Å². The number of amides is 3. The van der Waals surface area contributed by atoms with E-state index in [1.165, 1.54) is 29.2 Å². The summed E-state index contributed by atoms with van der Waals surface area (Å²) in [6.07, 6.45) is 2.04. The van der Waals surface area contributed by atoms with Gasteiger partial charge in [-0.25, -0.2) is 4.39 Å². The highest BCUT2D eigenvalue weighted by Gasteiger charge is 2.31. The lowest BCUT2D eigenvalue weighted by atomic mass is 10.1. The maximum atomic E-state index is 13.0. The molecule has 0 saturated heterocycles. The number of carbonyl (C=O) groups is 3. The molecule has 1 aromatic rings. The van der Waals surface area contributed by atoms with E-state index in [0.717, 1.165) is 17.7 Å². The minimum atomic E-state index is -0.562. The normalized spacial score (nSPS) is 14.9. The van der Waals surface area contributed by atoms with Gasteiger partial charge in [-0.15, -0.1) is 0 Å². The molecule has 7 nitrogen and oxygen atoms in total. The van der Waals surface area contributed by atoms with Crippen LogP contribution in [0, 0.1) is 5.82 Å². The van der Waals surface area contributed by atoms with Crippen LogP contribution < -0.4 is 15.5 Å². The second-order valence-electron chi connectivity index (χ2n) is 8.36. The van der Waals surface area contributed by atoms with Crippen molar-refractivity contribution in [1.29, 1.82) is 0 Å². The predicted octanol–water partition coefficient (Wildman–Crippen LogP) is 0.185. The maximum absolute atomic E-state index is 13.0. The molecule has 2 rings (SSSR count). The zero-order chi connectivity index (χ0) is 20.9. The predicted molar refractivity (Wildman–Crippen MR) is 104 cm³/mol. The Balaban J connectivity index is 1.91. The minimum Gasteiger partial charge on any atom is -0.348 e. The van der Waals surface area contributed by atoms with Crippen LogP contribution in [0.3, 0.4) is 0 Å². The average molecular weight is 393 g/mol. The number of likely N-dealkylation sites (N-methyl/N-ethyl adjacent to an activating group) is 1. The van der Waals surface area contributed by atoms with Crippen LogP contribution in [0.25, 0.3) is 0 Å². The van der Waals surface area contributed by atoms with E-state index in [1.54, 1.807) is 7.05 Å². The lowest BCUT2D eigenvalue weighted by molar-refractivity contribution is -0.863. The quantitative estimate of drug-likeness (QED) is 0.590. The summed E-state index contributed by atoms with van der Waals surface area (Å²) < 4.78 is 13.0. The Hall–Kier alpha value is -2.48. The van der Waals surface area contributed by atoms with Gasteiger partial charge in [-0.1, -0.05) is 0 Å². The summed E-state index contributed by atoms with van der Waals surface area (Å²) in [5.41, 5.74) is -0.0967. The van der Waals surface area contributed by atoms with Crippen molar-refractivity contribution in [3.8, 4) is 0 Å². The average Bonchev–Trinajstić information content (AvgIpc) is 3.37. The first-order chi connectivity index (χ1) is 13.0. The van der Waals surface area contributed by atoms with Gasteiger partial charge >= 0.3 is 0 Å². The summed E-state index contributed by atoms with van der Waals surface area (Å²) in [6.45, 7) is 5.75. The summed E-state index contributed by atoms with van der Waals surface area (Å²) in [5.74, 6) is -1.03. The number of nitrogens with zero attached hydrogens (tertiary/aromatic N) is 1. The van der Waals surface area contributed by atoms with E-state index in [2.05, 4.69) is 10.6 Å². The van der Waals surface area contributed by atoms with Crippen LogP contribution in [-0.2, 0) is 14.4 Å². The van der Waals surface area contributed by atoms with Crippen molar-refractivity contribution < 1.29 is 23.7 Å². The molecule has 0 aromatic heterocycles. The van der Waals surface area contributed by atoms with Crippen molar-refractivity contribution in [3.63, 3.8) is 0 Å². The molecule has 3 N–H and O–H groups in total. The first-order valence-corrected chi connectivity index (χ1v) is 9.51. The largest absolute Gasteiger partial charge is 0.348 e. The second-order valence-corrected chi connectivity index (χ2v) is 8.36. The van der Waals surface area contributed by atoms with Crippen LogP contribution >= 0.6 is 0 Å². The number of nitrogens with one attached hydrogen (secondary N) is 3. The fourth-order valence-electron chi connectivity index (χ4n) is 2.77. The molecule has 1 fully saturated rings. The molecule has 1 aromatic carbocycles. The van der Waals surface area contributed by atoms with Gasteiger partial charge in [0.1, 0.15) is 12.4 Å². The highest BCUT2D eigenvalue weighted by atomic mass is 19.1. The van der Waals surface area contributed by atoms with Gasteiger partial charge in [-0.2, -0.15) is 0 Å². The smallest absolute Gasteiger partial charge is 0.278 e. The van der Waals surface area contributed by atoms with Crippen LogP contribution in [0.2, 0.25) is 0 Å². The Morgan fingerprint density at radius 1 is 1.11 bits per heavy atom. The molecule has 28 heavy (non-hydrogen) atoms. The summed E-state index contributed by atoms with van der Waals surface area (Å²) in [6, 6.07) is 5.73. The van der Waals surface area contributed by atoms with Gasteiger partial charge in [-0.3, -0.25) is 14.4 Å². The van der Waals surface area contributed by atoms with E-state index in [4.69, 9.17) is 0 Å². The Morgan fingerprint density at radius 2 is 1.71 bits per heavy atom. The van der Waals surface area contributed by atoms with Crippen LogP contribution in [0.1, 0.15) is 33.6 Å². The van der Waals surface area contributed by atoms with Crippen LogP contribution in [0.15, 0.2) is 24.3 Å². The molecule has 0 aliphatic heterocycles. The summed E-state index contributed by atoms with van der Waals surface area (Å²) in [5, 5.41) is 5.58. The van der Waals surface area contributed by atoms with Gasteiger partial charge in [-0.05, 0) is 57.9 Å². The van der Waals surface area contributed by atoms with Gasteiger partial charge in [0.05, 0.1) is 7.05 Å². The van der Waals surface area contributed by atoms with Crippen molar-refractivity contribution in [2.24, 2.45) is 0 Å². The third kappa shape index (κ3) is 7.26. The highest BCUT2D eigenvalue weighted by molar-refractivity contribution is 5.94. The summed E-state index contributed by atoms with van der Waals surface area (Å²) in [7, 11) is 1.78. The van der Waals surface area contributed by atoms with Gasteiger partial charge in [0.2, 0.25) is 5.91 Å². The van der Waals surface area contributed by atoms with Crippen molar-refractivity contribution in [1.82, 2.24) is 10.2 Å². The summed E-state index contributed by atoms with van der Waals surface area (Å²) >= 11 is 0. The number of rotatable bonds is 8. The third-order valence-electron chi connectivity index (χ3n) is 4.40. The molecule has 154 valence electrons. The van der Waals surface area contributed by atoms with E-state index in [1.807, 2.05) is 20.8 Å². The van der Waals surface area contributed by atoms with Gasteiger partial charge < -0.3 is 20.4 Å². The molecule has 1 aliphatic carbocycles. The zero-order valence-electron chi connectivity index (χ0n) is 17.0. The van der Waals surface area contributed by atoms with Crippen LogP contribution in [-0.4, -0.2) is 60.9 Å². The Labute approximate surface area is 165 Å². The number of quaternary nitrogens is 1. The molecule has 1 unspecified atom stereocenters. The Bertz CT molecular complexity index is 711. The SMILES string of the molecule is C[NH+](CC(=O)NC1CC1)CC(=O)N(CC(=O)Nc1ccc(F)cc1)C(C)(C)C. The number of halogens is 1. The molecule has 0 radical (unpaired) electrons. The standard InChI is InChI=1S/C20H29FN4O3/c1-20(2,3)25(12-18(27)23-15-7-5-14(21)6-8-15)19(28)13-24(4)11-17(26)22-16-9-10-16/h5-8,16H,9-13H2,1-4H3,(H,22,26)(H,23,27)/p+1. The van der Waals surface area contributed by atoms with Crippen molar-refractivity contribution in [2.45, 2.75) is 45.2 Å². The molecule has 0 heterocycles. The van der Waals surface area contributed by atoms with Gasteiger partial charge in [0, 0.05) is 17.3 Å². The Morgan fingerprint density at radius 3 is 2.25 bits per heavy atom. The molecule has 1 saturated carbocycles. The van der Waals surface area contributed by atoms with E-state index in [-0.39, 0.29) is 49.2 Å². The lowest BCUT2D eigenvalue weighted by Gasteiger charge is -2.35. The maximum Gasteiger partial charge on any atom is 0.278 e. The summed E-state index contributed by atoms with van der Waals surface area (Å²) in [4.78, 5) is 39.3. The molecule has 0 spiro atoms. The van der Waals surface area contributed by atoms with E-state index in [9.17, 15) is 18.8 Å². The number of hydrogen-bond acceptors (Lipinski definition) is 3. The van der Waals surface area contributed by atoms with E-state index >= 15 is 0 Å². The molecule has 3 amide bonds. The van der Waals surface area contributed by atoms with Crippen molar-refractivity contribution in [3.05, 3.63) is 30.1 Å². The molecule has 8 heteroatoms. The monoisotopic (exact) mass is 393 g/mol. The molecular weight excluding hydrogens is 363 g/mol. The third-order valence-corrected chi connectivity index (χ3v) is 4.40. The van der Waals surface area contributed by atoms with Crippen LogP contribution in [0.5, 0.6) is 0 Å². The minimum absolute atomic E-state index is 0.0656. The number of hydrogen-bond donors (Lipinski definition) is 3. The fraction of sp³-hybridized carbons (Fsp3) is 0.550. The molecule has 1 atom stereocenters. The molecule has 1 aliphatic rings. The number of benzene rings is 1. The van der Waals surface area contributed by atoms with E-state index in [0.29, 0.717) is 5.69 Å². The van der Waals surface area contributed by atoms with Gasteiger partial charge in [0.25, 0.3) is 11.8 Å². The fourth-order valence-corrected chi connectivity index (χ4v) is 2.77. The Kier molecular flexibility index (Phi) is 7.12. The first-order valence-electron chi connectivity index (χ1n) is 9.51. The highest BCUT2D eigenvalue weighted by Crippen LogP contribution is 2.18. The number of anilines is 1. The van der Waals surface area contributed by atoms with Crippen LogP contribution in [0.4, 0.5) is 10.1 Å². The number of carbonyl (C=O) groups excluding carboxylic acids is 3. The topological polar surface area (TPSA) is 83.0 Å². The molecule has 0 bridgehead atoms. The molecular formula is C20H30FN4O3+. The van der Waals surface area contributed by atoms with Gasteiger partial charge in [0.15, 0.2) is 13.1 Å². The zero-order valence-corrected chi connectivity index (χ0v) is 17.0. The second kappa shape index (κ2) is 9.14. The first kappa shape index (κ1) is 21.8.